The van der Waals surface area contributed by atoms with Gasteiger partial charge >= 0.3 is 5.97 Å². The summed E-state index contributed by atoms with van der Waals surface area (Å²) in [6.07, 6.45) is -1.90. The highest BCUT2D eigenvalue weighted by Gasteiger charge is 2.36. The van der Waals surface area contributed by atoms with Gasteiger partial charge in [0.1, 0.15) is 0 Å². The van der Waals surface area contributed by atoms with E-state index in [1.165, 1.54) is 6.92 Å². The van der Waals surface area contributed by atoms with Gasteiger partial charge in [-0.2, -0.15) is 0 Å². The highest BCUT2D eigenvalue weighted by atomic mass is 16.5. The number of piperidine rings is 1. The second kappa shape index (κ2) is 7.08. The molecule has 0 amide bonds. The van der Waals surface area contributed by atoms with E-state index in [2.05, 4.69) is 0 Å². The number of benzene rings is 1. The summed E-state index contributed by atoms with van der Waals surface area (Å²) >= 11 is 0. The molecule has 1 fully saturated rings. The summed E-state index contributed by atoms with van der Waals surface area (Å²) in [6.45, 7) is -5.39. The monoisotopic (exact) mass is 300 g/mol. The molecule has 1 aromatic carbocycles. The number of rotatable bonds is 5. The lowest BCUT2D eigenvalue weighted by atomic mass is 9.71. The average Bonchev–Trinajstić information content (AvgIpc) is 2.58. The van der Waals surface area contributed by atoms with Crippen molar-refractivity contribution in [3.63, 3.8) is 0 Å². The molecule has 1 aliphatic heterocycles. The summed E-state index contributed by atoms with van der Waals surface area (Å²) < 4.78 is 93.8. The maximum atomic E-state index is 12.4. The molecule has 2 rings (SSSR count). The third-order valence-electron chi connectivity index (χ3n) is 3.40. The third kappa shape index (κ3) is 4.57. The van der Waals surface area contributed by atoms with Crippen molar-refractivity contribution >= 4 is 5.97 Å². The number of nitrogens with zero attached hydrogens (tertiary/aromatic N) is 1. The van der Waals surface area contributed by atoms with Gasteiger partial charge in [-0.15, -0.1) is 0 Å². The predicted octanol–water partition coefficient (Wildman–Crippen LogP) is 3.20. The Morgan fingerprint density at radius 1 is 1.52 bits per heavy atom. The fourth-order valence-electron chi connectivity index (χ4n) is 2.40. The smallest absolute Gasteiger partial charge is 0.306 e. The van der Waals surface area contributed by atoms with E-state index in [0.717, 1.165) is 0 Å². The Hall–Kier alpha value is -1.35. The van der Waals surface area contributed by atoms with Crippen LogP contribution in [0, 0.1) is 12.3 Å². The number of carbonyl (C=O) groups excluding carboxylic acids is 1. The predicted molar refractivity (Wildman–Crippen MR) is 85.3 cm³/mol. The van der Waals surface area contributed by atoms with Crippen molar-refractivity contribution < 1.29 is 24.6 Å². The van der Waals surface area contributed by atoms with Crippen molar-refractivity contribution in [3.05, 3.63) is 35.3 Å². The summed E-state index contributed by atoms with van der Waals surface area (Å²) in [5.74, 6) is -0.737. The number of carbonyl (C=O) groups is 1. The zero-order valence-electron chi connectivity index (χ0n) is 23.3. The highest BCUT2D eigenvalue weighted by Crippen LogP contribution is 2.38. The van der Waals surface area contributed by atoms with Crippen LogP contribution in [0.1, 0.15) is 52.4 Å². The molecule has 116 valence electrons. The van der Waals surface area contributed by atoms with Gasteiger partial charge in [-0.3, -0.25) is 4.79 Å². The number of hydrogen-bond acceptors (Lipinski definition) is 3. The summed E-state index contributed by atoms with van der Waals surface area (Å²) in [5, 5.41) is 0. The van der Waals surface area contributed by atoms with Crippen LogP contribution in [-0.4, -0.2) is 37.4 Å². The first kappa shape index (κ1) is 6.82. The largest absolute Gasteiger partial charge is 0.466 e. The molecule has 1 aromatic rings. The van der Waals surface area contributed by atoms with Crippen LogP contribution >= 0.6 is 0 Å². The lowest BCUT2D eigenvalue weighted by molar-refractivity contribution is -0.146. The Morgan fingerprint density at radius 3 is 2.95 bits per heavy atom. The van der Waals surface area contributed by atoms with E-state index in [1.54, 1.807) is 6.92 Å². The summed E-state index contributed by atoms with van der Waals surface area (Å²) in [6, 6.07) is -1.34. The zero-order chi connectivity index (χ0) is 24.9. The van der Waals surface area contributed by atoms with Gasteiger partial charge in [-0.1, -0.05) is 29.7 Å². The normalized spacial score (nSPS) is 31.4. The molecule has 0 spiro atoms. The Balaban J connectivity index is 2.67. The maximum absolute atomic E-state index is 12.4. The van der Waals surface area contributed by atoms with Gasteiger partial charge in [0, 0.05) is 9.60 Å². The first-order valence-electron chi connectivity index (χ1n) is 12.4. The topological polar surface area (TPSA) is 29.5 Å². The van der Waals surface area contributed by atoms with E-state index in [0.29, 0.717) is 0 Å². The number of likely N-dealkylation sites (tertiary alicyclic amines) is 1. The van der Waals surface area contributed by atoms with Crippen LogP contribution in [0.15, 0.2) is 24.2 Å². The average molecular weight is 300 g/mol. The minimum atomic E-state index is -3.08. The second-order valence-corrected chi connectivity index (χ2v) is 5.27. The lowest BCUT2D eigenvalue weighted by Crippen LogP contribution is -2.40. The molecule has 0 bridgehead atoms. The first-order valence-corrected chi connectivity index (χ1v) is 6.90. The Morgan fingerprint density at radius 2 is 2.29 bits per heavy atom. The van der Waals surface area contributed by atoms with Crippen molar-refractivity contribution in [3.8, 4) is 0 Å². The summed E-state index contributed by atoms with van der Waals surface area (Å²) in [5.41, 5.74) is -1.39. The second-order valence-electron chi connectivity index (χ2n) is 5.27. The van der Waals surface area contributed by atoms with Gasteiger partial charge in [-0.05, 0) is 64.1 Å². The Kier molecular flexibility index (Phi) is 2.30. The zero-order valence-corrected chi connectivity index (χ0v) is 12.3. The molecule has 0 aromatic heterocycles. The van der Waals surface area contributed by atoms with E-state index in [9.17, 15) is 4.79 Å². The lowest BCUT2D eigenvalue weighted by Gasteiger charge is -2.40. The van der Waals surface area contributed by atoms with Crippen LogP contribution in [-0.2, 0) is 16.0 Å². The van der Waals surface area contributed by atoms with Crippen molar-refractivity contribution in [2.45, 2.75) is 39.5 Å². The standard InChI is InChI=1S/C18H27NO2/c1-4-21-17(20)14-18(8-10-19(3)11-9-18)13-16-7-5-6-15(2)12-16/h5-7,12H,4,8-11,13-14H2,1-3H3/i3D3,5D,6D,7D,10D2,11D2,12D. The summed E-state index contributed by atoms with van der Waals surface area (Å²) in [4.78, 5) is 12.6. The highest BCUT2D eigenvalue weighted by molar-refractivity contribution is 5.70. The van der Waals surface area contributed by atoms with Crippen LogP contribution in [0.4, 0.5) is 0 Å². The fourth-order valence-corrected chi connectivity index (χ4v) is 2.40. The van der Waals surface area contributed by atoms with E-state index >= 15 is 0 Å². The molecular formula is C18H27NO2. The first-order chi connectivity index (χ1) is 14.4. The van der Waals surface area contributed by atoms with Gasteiger partial charge in [0.25, 0.3) is 0 Å². The van der Waals surface area contributed by atoms with Gasteiger partial charge in [0.2, 0.25) is 0 Å². The fraction of sp³-hybridized carbons (Fsp3) is 0.611. The minimum Gasteiger partial charge on any atom is -0.466 e. The molecule has 1 saturated heterocycles. The molecule has 3 heteroatoms. The molecule has 1 heterocycles. The maximum Gasteiger partial charge on any atom is 0.306 e. The van der Waals surface area contributed by atoms with Crippen molar-refractivity contribution in [2.75, 3.05) is 26.6 Å². The molecule has 0 radical (unpaired) electrons. The van der Waals surface area contributed by atoms with Gasteiger partial charge in [0.15, 0.2) is 0 Å². The van der Waals surface area contributed by atoms with Crippen LogP contribution in [0.25, 0.3) is 0 Å². The van der Waals surface area contributed by atoms with E-state index in [1.807, 2.05) is 0 Å². The molecule has 3 nitrogen and oxygen atoms in total. The van der Waals surface area contributed by atoms with Gasteiger partial charge < -0.3 is 9.64 Å². The Bertz CT molecular complexity index is 851. The molecule has 0 saturated carbocycles. The molecule has 0 aliphatic carbocycles. The van der Waals surface area contributed by atoms with E-state index in [-0.39, 0.29) is 41.1 Å². The van der Waals surface area contributed by atoms with Gasteiger partial charge in [-0.25, -0.2) is 0 Å². The SMILES string of the molecule is [2H]c1c([2H])c(C)c([2H])c(CC2(CC(=O)OCC)CC([2H])([2H])N(C([2H])([2H])[2H])C([2H])([2H])C2)c1[2H]. The van der Waals surface area contributed by atoms with Crippen molar-refractivity contribution in [1.82, 2.24) is 4.90 Å². The van der Waals surface area contributed by atoms with E-state index < -0.39 is 62.7 Å². The molecule has 1 aliphatic rings. The van der Waals surface area contributed by atoms with E-state index in [4.69, 9.17) is 19.8 Å². The molecule has 0 N–H and O–H groups in total. The van der Waals surface area contributed by atoms with Crippen LogP contribution in [0.2, 0.25) is 0 Å². The van der Waals surface area contributed by atoms with Gasteiger partial charge in [0.05, 0.1) is 18.5 Å². The minimum absolute atomic E-state index is 0.0123. The third-order valence-corrected chi connectivity index (χ3v) is 3.40. The molecule has 0 atom stereocenters. The molecule has 21 heavy (non-hydrogen) atoms. The van der Waals surface area contributed by atoms with Crippen molar-refractivity contribution in [1.29, 1.82) is 0 Å². The van der Waals surface area contributed by atoms with Crippen LogP contribution < -0.4 is 0 Å². The number of hydrogen-bond donors (Lipinski definition) is 0. The quantitative estimate of drug-likeness (QED) is 0.782. The molecule has 0 unspecified atom stereocenters. The Labute approximate surface area is 143 Å². The molecular weight excluding hydrogens is 262 g/mol. The van der Waals surface area contributed by atoms with Crippen LogP contribution in [0.3, 0.4) is 0 Å². The number of esters is 1. The number of ether oxygens (including phenoxy) is 1. The van der Waals surface area contributed by atoms with Crippen molar-refractivity contribution in [2.24, 2.45) is 5.41 Å². The summed E-state index contributed by atoms with van der Waals surface area (Å²) in [7, 11) is 0. The van der Waals surface area contributed by atoms with Crippen LogP contribution in [0.5, 0.6) is 0 Å².